The molecule has 2 aliphatic heterocycles. The van der Waals surface area contributed by atoms with Crippen molar-refractivity contribution in [1.29, 1.82) is 0 Å². The molecule has 0 aliphatic carbocycles. The normalized spacial score (nSPS) is 20.5. The molecule has 1 atom stereocenters. The van der Waals surface area contributed by atoms with E-state index in [1.54, 1.807) is 11.1 Å². The number of thiophene rings is 1. The summed E-state index contributed by atoms with van der Waals surface area (Å²) in [6, 6.07) is 9.27. The first-order chi connectivity index (χ1) is 12.7. The maximum Gasteiger partial charge on any atom is 0.264 e. The third kappa shape index (κ3) is 3.31. The SMILES string of the molecule is O=C(C1CCCN1C(=O)c1cccs1)N1CCN(c2ccccn2)CC1. The van der Waals surface area contributed by atoms with Gasteiger partial charge in [-0.2, -0.15) is 0 Å². The average Bonchev–Trinajstić information content (AvgIpc) is 3.40. The van der Waals surface area contributed by atoms with E-state index in [2.05, 4.69) is 9.88 Å². The van der Waals surface area contributed by atoms with E-state index in [9.17, 15) is 9.59 Å². The van der Waals surface area contributed by atoms with Crippen molar-refractivity contribution >= 4 is 29.0 Å². The molecule has 4 heterocycles. The van der Waals surface area contributed by atoms with Crippen molar-refractivity contribution in [3.63, 3.8) is 0 Å². The van der Waals surface area contributed by atoms with Crippen LogP contribution in [0.2, 0.25) is 0 Å². The average molecular weight is 370 g/mol. The van der Waals surface area contributed by atoms with Crippen LogP contribution in [0.3, 0.4) is 0 Å². The largest absolute Gasteiger partial charge is 0.353 e. The Labute approximate surface area is 157 Å². The number of aromatic nitrogens is 1. The topological polar surface area (TPSA) is 56.8 Å². The first-order valence-electron chi connectivity index (χ1n) is 9.03. The molecule has 136 valence electrons. The van der Waals surface area contributed by atoms with Gasteiger partial charge in [0.15, 0.2) is 0 Å². The fourth-order valence-corrected chi connectivity index (χ4v) is 4.39. The van der Waals surface area contributed by atoms with Gasteiger partial charge in [0.05, 0.1) is 4.88 Å². The zero-order valence-electron chi connectivity index (χ0n) is 14.6. The van der Waals surface area contributed by atoms with Crippen LogP contribution in [-0.2, 0) is 4.79 Å². The molecule has 0 spiro atoms. The fraction of sp³-hybridized carbons (Fsp3) is 0.421. The van der Waals surface area contributed by atoms with E-state index in [1.807, 2.05) is 40.6 Å². The highest BCUT2D eigenvalue weighted by atomic mass is 32.1. The van der Waals surface area contributed by atoms with Gasteiger partial charge in [-0.1, -0.05) is 12.1 Å². The summed E-state index contributed by atoms with van der Waals surface area (Å²) in [6.45, 7) is 3.56. The minimum atomic E-state index is -0.314. The third-order valence-electron chi connectivity index (χ3n) is 5.10. The molecule has 2 amide bonds. The van der Waals surface area contributed by atoms with Gasteiger partial charge in [-0.25, -0.2) is 4.98 Å². The summed E-state index contributed by atoms with van der Waals surface area (Å²) >= 11 is 1.44. The van der Waals surface area contributed by atoms with Crippen molar-refractivity contribution in [1.82, 2.24) is 14.8 Å². The zero-order valence-corrected chi connectivity index (χ0v) is 15.4. The Morgan fingerprint density at radius 3 is 2.58 bits per heavy atom. The fourth-order valence-electron chi connectivity index (χ4n) is 3.72. The molecule has 2 saturated heterocycles. The second kappa shape index (κ2) is 7.45. The molecule has 4 rings (SSSR count). The van der Waals surface area contributed by atoms with Gasteiger partial charge in [0.1, 0.15) is 11.9 Å². The smallest absolute Gasteiger partial charge is 0.264 e. The van der Waals surface area contributed by atoms with Crippen LogP contribution < -0.4 is 4.90 Å². The summed E-state index contributed by atoms with van der Waals surface area (Å²) in [5.41, 5.74) is 0. The minimum absolute atomic E-state index is 0.0111. The third-order valence-corrected chi connectivity index (χ3v) is 5.95. The number of piperazine rings is 1. The van der Waals surface area contributed by atoms with Gasteiger partial charge in [0.2, 0.25) is 5.91 Å². The summed E-state index contributed by atoms with van der Waals surface area (Å²) in [5, 5.41) is 1.90. The van der Waals surface area contributed by atoms with Crippen molar-refractivity contribution in [3.05, 3.63) is 46.8 Å². The lowest BCUT2D eigenvalue weighted by Gasteiger charge is -2.37. The summed E-state index contributed by atoms with van der Waals surface area (Å²) in [6.07, 6.45) is 3.44. The van der Waals surface area contributed by atoms with Crippen molar-refractivity contribution in [3.8, 4) is 0 Å². The van der Waals surface area contributed by atoms with E-state index in [0.29, 0.717) is 24.5 Å². The van der Waals surface area contributed by atoms with E-state index < -0.39 is 0 Å². The molecule has 2 aromatic heterocycles. The molecule has 26 heavy (non-hydrogen) atoms. The van der Waals surface area contributed by atoms with Crippen molar-refractivity contribution in [2.24, 2.45) is 0 Å². The number of amides is 2. The number of likely N-dealkylation sites (tertiary alicyclic amines) is 1. The van der Waals surface area contributed by atoms with Gasteiger partial charge in [-0.05, 0) is 36.4 Å². The monoisotopic (exact) mass is 370 g/mol. The molecule has 0 N–H and O–H groups in total. The molecule has 7 heteroatoms. The number of hydrogen-bond acceptors (Lipinski definition) is 5. The molecule has 0 bridgehead atoms. The molecular weight excluding hydrogens is 348 g/mol. The van der Waals surface area contributed by atoms with Gasteiger partial charge >= 0.3 is 0 Å². The number of nitrogens with zero attached hydrogens (tertiary/aromatic N) is 4. The second-order valence-corrected chi connectivity index (χ2v) is 7.58. The second-order valence-electron chi connectivity index (χ2n) is 6.63. The van der Waals surface area contributed by atoms with Crippen LogP contribution in [0.4, 0.5) is 5.82 Å². The lowest BCUT2D eigenvalue weighted by atomic mass is 10.1. The number of carbonyl (C=O) groups is 2. The molecule has 2 aromatic rings. The van der Waals surface area contributed by atoms with E-state index in [4.69, 9.17) is 0 Å². The van der Waals surface area contributed by atoms with Crippen LogP contribution in [0.1, 0.15) is 22.5 Å². The molecular formula is C19H22N4O2S. The van der Waals surface area contributed by atoms with Gasteiger partial charge < -0.3 is 14.7 Å². The van der Waals surface area contributed by atoms with Crippen LogP contribution in [0.5, 0.6) is 0 Å². The number of pyridine rings is 1. The zero-order chi connectivity index (χ0) is 17.9. The standard InChI is InChI=1S/C19H22N4O2S/c24-18(15-5-3-9-23(15)19(25)16-6-4-14-26-16)22-12-10-21(11-13-22)17-7-1-2-8-20-17/h1-2,4,6-8,14-15H,3,5,9-13H2. The molecule has 0 radical (unpaired) electrons. The van der Waals surface area contributed by atoms with E-state index in [1.165, 1.54) is 11.3 Å². The maximum atomic E-state index is 13.0. The Hall–Kier alpha value is -2.41. The summed E-state index contributed by atoms with van der Waals surface area (Å²) in [7, 11) is 0. The molecule has 1 unspecified atom stereocenters. The highest BCUT2D eigenvalue weighted by Gasteiger charge is 2.38. The van der Waals surface area contributed by atoms with Gasteiger partial charge in [0.25, 0.3) is 5.91 Å². The Morgan fingerprint density at radius 2 is 1.88 bits per heavy atom. The maximum absolute atomic E-state index is 13.0. The van der Waals surface area contributed by atoms with Crippen LogP contribution in [-0.4, -0.2) is 65.4 Å². The first kappa shape index (κ1) is 17.0. The van der Waals surface area contributed by atoms with Crippen molar-refractivity contribution < 1.29 is 9.59 Å². The Balaban J connectivity index is 1.39. The van der Waals surface area contributed by atoms with Crippen LogP contribution in [0.15, 0.2) is 41.9 Å². The van der Waals surface area contributed by atoms with E-state index >= 15 is 0 Å². The number of carbonyl (C=O) groups excluding carboxylic acids is 2. The Morgan fingerprint density at radius 1 is 1.04 bits per heavy atom. The Kier molecular flexibility index (Phi) is 4.88. The molecule has 0 aromatic carbocycles. The summed E-state index contributed by atoms with van der Waals surface area (Å²) < 4.78 is 0. The van der Waals surface area contributed by atoms with Crippen molar-refractivity contribution in [2.75, 3.05) is 37.6 Å². The summed E-state index contributed by atoms with van der Waals surface area (Å²) in [5.74, 6) is 1.03. The highest BCUT2D eigenvalue weighted by molar-refractivity contribution is 7.12. The lowest BCUT2D eigenvalue weighted by Crippen LogP contribution is -2.54. The molecule has 2 fully saturated rings. The van der Waals surface area contributed by atoms with Crippen molar-refractivity contribution in [2.45, 2.75) is 18.9 Å². The van der Waals surface area contributed by atoms with Crippen LogP contribution in [0, 0.1) is 0 Å². The molecule has 2 aliphatic rings. The number of anilines is 1. The van der Waals surface area contributed by atoms with Crippen LogP contribution in [0.25, 0.3) is 0 Å². The van der Waals surface area contributed by atoms with E-state index in [-0.39, 0.29) is 17.9 Å². The number of rotatable bonds is 3. The van der Waals surface area contributed by atoms with Gasteiger partial charge in [-0.15, -0.1) is 11.3 Å². The van der Waals surface area contributed by atoms with E-state index in [0.717, 1.165) is 31.7 Å². The predicted molar refractivity (Wildman–Crippen MR) is 101 cm³/mol. The Bertz CT molecular complexity index is 757. The van der Waals surface area contributed by atoms with Gasteiger partial charge in [0, 0.05) is 38.9 Å². The quantitative estimate of drug-likeness (QED) is 0.830. The minimum Gasteiger partial charge on any atom is -0.353 e. The lowest BCUT2D eigenvalue weighted by molar-refractivity contribution is -0.135. The highest BCUT2D eigenvalue weighted by Crippen LogP contribution is 2.24. The molecule has 6 nitrogen and oxygen atoms in total. The summed E-state index contributed by atoms with van der Waals surface area (Å²) in [4.78, 5) is 36.7. The van der Waals surface area contributed by atoms with Gasteiger partial charge in [-0.3, -0.25) is 9.59 Å². The molecule has 0 saturated carbocycles. The van der Waals surface area contributed by atoms with Crippen LogP contribution >= 0.6 is 11.3 Å². The first-order valence-corrected chi connectivity index (χ1v) is 9.91. The predicted octanol–water partition coefficient (Wildman–Crippen LogP) is 2.10. The number of hydrogen-bond donors (Lipinski definition) is 0.